The van der Waals surface area contributed by atoms with E-state index in [2.05, 4.69) is 21.8 Å². The first kappa shape index (κ1) is 23.1. The van der Waals surface area contributed by atoms with Gasteiger partial charge in [-0.1, -0.05) is 42.2 Å². The summed E-state index contributed by atoms with van der Waals surface area (Å²) in [5.41, 5.74) is 1.65. The topological polar surface area (TPSA) is 35.0 Å². The van der Waals surface area contributed by atoms with Crippen LogP contribution in [0.25, 0.3) is 10.8 Å². The van der Waals surface area contributed by atoms with Crippen LogP contribution in [0.2, 0.25) is 0 Å². The molecule has 0 saturated heterocycles. The van der Waals surface area contributed by atoms with Crippen LogP contribution in [0, 0.1) is 29.3 Å². The normalized spacial score (nSPS) is 10.9. The average molecular weight is 458 g/mol. The van der Waals surface area contributed by atoms with Gasteiger partial charge in [0.15, 0.2) is 17.4 Å². The molecule has 0 aliphatic heterocycles. The summed E-state index contributed by atoms with van der Waals surface area (Å²) in [6.45, 7) is 2.39. The van der Waals surface area contributed by atoms with Crippen molar-refractivity contribution < 1.29 is 17.9 Å². The van der Waals surface area contributed by atoms with Crippen molar-refractivity contribution in [3.63, 3.8) is 0 Å². The van der Waals surface area contributed by atoms with Crippen molar-refractivity contribution in [3.05, 3.63) is 113 Å². The number of benzene rings is 3. The van der Waals surface area contributed by atoms with Crippen LogP contribution in [-0.4, -0.2) is 16.6 Å². The Morgan fingerprint density at radius 3 is 2.47 bits per heavy atom. The maximum atomic E-state index is 14.6. The minimum Gasteiger partial charge on any atom is -0.486 e. The van der Waals surface area contributed by atoms with Gasteiger partial charge in [0.05, 0.1) is 18.0 Å². The second-order valence-corrected chi connectivity index (χ2v) is 7.58. The van der Waals surface area contributed by atoms with E-state index in [4.69, 9.17) is 4.74 Å². The quantitative estimate of drug-likeness (QED) is 0.255. The summed E-state index contributed by atoms with van der Waals surface area (Å²) < 4.78 is 47.3. The molecule has 0 fully saturated rings. The van der Waals surface area contributed by atoms with Gasteiger partial charge in [-0.2, -0.15) is 0 Å². The molecule has 0 unspecified atom stereocenters. The van der Waals surface area contributed by atoms with E-state index in [0.717, 1.165) is 11.6 Å². The third kappa shape index (κ3) is 5.62. The zero-order valence-corrected chi connectivity index (χ0v) is 18.5. The monoisotopic (exact) mass is 458 g/mol. The molecule has 6 heteroatoms. The van der Waals surface area contributed by atoms with Crippen LogP contribution in [0.1, 0.15) is 29.4 Å². The fraction of sp³-hybridized carbons (Fsp3) is 0.143. The van der Waals surface area contributed by atoms with Crippen LogP contribution >= 0.6 is 0 Å². The number of aryl methyl sites for hydroxylation is 2. The molecule has 0 radical (unpaired) electrons. The molecule has 0 aliphatic rings. The molecule has 4 aromatic rings. The fourth-order valence-electron chi connectivity index (χ4n) is 3.34. The zero-order chi connectivity index (χ0) is 23.9. The molecule has 34 heavy (non-hydrogen) atoms. The van der Waals surface area contributed by atoms with Crippen molar-refractivity contribution in [3.8, 4) is 17.6 Å². The van der Waals surface area contributed by atoms with Crippen LogP contribution < -0.4 is 4.74 Å². The summed E-state index contributed by atoms with van der Waals surface area (Å²) in [6, 6.07) is 12.2. The average Bonchev–Trinajstić information content (AvgIpc) is 2.85. The summed E-state index contributed by atoms with van der Waals surface area (Å²) in [5.74, 6) is 4.73. The number of ether oxygens (including phenoxy) is 1. The Labute approximate surface area is 196 Å². The van der Waals surface area contributed by atoms with Gasteiger partial charge in [0.1, 0.15) is 18.2 Å². The summed E-state index contributed by atoms with van der Waals surface area (Å²) in [4.78, 5) is 8.57. The van der Waals surface area contributed by atoms with Gasteiger partial charge in [0, 0.05) is 17.4 Å². The Morgan fingerprint density at radius 1 is 0.882 bits per heavy atom. The highest BCUT2D eigenvalue weighted by Gasteiger charge is 2.07. The molecule has 1 heterocycles. The smallest absolute Gasteiger partial charge is 0.166 e. The van der Waals surface area contributed by atoms with Crippen molar-refractivity contribution in [2.75, 3.05) is 6.61 Å². The number of halogens is 3. The van der Waals surface area contributed by atoms with Crippen molar-refractivity contribution in [2.45, 2.75) is 19.8 Å². The molecule has 4 rings (SSSR count). The first-order valence-corrected chi connectivity index (χ1v) is 10.8. The molecule has 3 nitrogen and oxygen atoms in total. The highest BCUT2D eigenvalue weighted by molar-refractivity contribution is 5.84. The lowest BCUT2D eigenvalue weighted by atomic mass is 10.0. The van der Waals surface area contributed by atoms with Gasteiger partial charge < -0.3 is 4.74 Å². The maximum absolute atomic E-state index is 14.6. The predicted octanol–water partition coefficient (Wildman–Crippen LogP) is 6.19. The fourth-order valence-corrected chi connectivity index (χ4v) is 3.34. The van der Waals surface area contributed by atoms with Crippen LogP contribution in [-0.2, 0) is 12.8 Å². The van der Waals surface area contributed by atoms with E-state index in [9.17, 15) is 13.2 Å². The number of allylic oxidation sites excluding steroid dienone is 1. The van der Waals surface area contributed by atoms with Gasteiger partial charge in [-0.05, 0) is 54.6 Å². The van der Waals surface area contributed by atoms with E-state index in [1.54, 1.807) is 30.6 Å². The molecule has 0 atom stereocenters. The van der Waals surface area contributed by atoms with Gasteiger partial charge in [0.2, 0.25) is 0 Å². The third-order valence-corrected chi connectivity index (χ3v) is 5.18. The lowest BCUT2D eigenvalue weighted by molar-refractivity contribution is 0.359. The minimum absolute atomic E-state index is 0.181. The molecule has 0 N–H and O–H groups in total. The summed E-state index contributed by atoms with van der Waals surface area (Å²) >= 11 is 0. The van der Waals surface area contributed by atoms with Crippen LogP contribution in [0.3, 0.4) is 0 Å². The molecule has 0 bridgehead atoms. The molecule has 0 amide bonds. The highest BCUT2D eigenvalue weighted by atomic mass is 19.2. The van der Waals surface area contributed by atoms with Gasteiger partial charge >= 0.3 is 0 Å². The highest BCUT2D eigenvalue weighted by Crippen LogP contribution is 2.21. The molecular formula is C28H21F3N2O. The van der Waals surface area contributed by atoms with Crippen LogP contribution in [0.15, 0.2) is 73.1 Å². The first-order chi connectivity index (χ1) is 16.5. The van der Waals surface area contributed by atoms with E-state index in [1.807, 2.05) is 25.1 Å². The van der Waals surface area contributed by atoms with E-state index in [-0.39, 0.29) is 10.9 Å². The van der Waals surface area contributed by atoms with Crippen molar-refractivity contribution in [1.29, 1.82) is 0 Å². The number of aromatic nitrogens is 2. The Bertz CT molecular complexity index is 1400. The number of nitrogens with zero attached hydrogens (tertiary/aromatic N) is 2. The van der Waals surface area contributed by atoms with Crippen molar-refractivity contribution in [1.82, 2.24) is 9.97 Å². The second kappa shape index (κ2) is 10.7. The summed E-state index contributed by atoms with van der Waals surface area (Å²) in [6.07, 6.45) is 8.19. The molecule has 1 aromatic heterocycles. The molecule has 170 valence electrons. The molecule has 0 saturated carbocycles. The first-order valence-electron chi connectivity index (χ1n) is 10.8. The van der Waals surface area contributed by atoms with Gasteiger partial charge in [-0.3, -0.25) is 0 Å². The lowest BCUT2D eigenvalue weighted by Crippen LogP contribution is -2.00. The number of rotatable bonds is 6. The lowest BCUT2D eigenvalue weighted by Gasteiger charge is -2.05. The number of fused-ring (bicyclic) bond motifs is 1. The molecule has 0 aliphatic carbocycles. The number of hydrogen-bond acceptors (Lipinski definition) is 3. The van der Waals surface area contributed by atoms with Crippen LogP contribution in [0.5, 0.6) is 5.75 Å². The number of hydrogen-bond donors (Lipinski definition) is 0. The molecular weight excluding hydrogens is 437 g/mol. The Kier molecular flexibility index (Phi) is 7.24. The van der Waals surface area contributed by atoms with E-state index in [1.165, 1.54) is 18.2 Å². The zero-order valence-electron chi connectivity index (χ0n) is 18.5. The Hall–Kier alpha value is -4.11. The van der Waals surface area contributed by atoms with Gasteiger partial charge in [-0.25, -0.2) is 23.1 Å². The van der Waals surface area contributed by atoms with Gasteiger partial charge in [-0.15, -0.1) is 0 Å². The largest absolute Gasteiger partial charge is 0.486 e. The molecule has 3 aromatic carbocycles. The van der Waals surface area contributed by atoms with Crippen LogP contribution in [0.4, 0.5) is 13.2 Å². The summed E-state index contributed by atoms with van der Waals surface area (Å²) in [7, 11) is 0. The molecule has 0 spiro atoms. The van der Waals surface area contributed by atoms with E-state index < -0.39 is 17.5 Å². The minimum atomic E-state index is -0.897. The van der Waals surface area contributed by atoms with E-state index >= 15 is 0 Å². The maximum Gasteiger partial charge on any atom is 0.166 e. The predicted molar refractivity (Wildman–Crippen MR) is 126 cm³/mol. The third-order valence-electron chi connectivity index (χ3n) is 5.18. The second-order valence-electron chi connectivity index (χ2n) is 7.58. The summed E-state index contributed by atoms with van der Waals surface area (Å²) in [5, 5.41) is 0.710. The van der Waals surface area contributed by atoms with Crippen molar-refractivity contribution >= 4 is 10.8 Å². The Morgan fingerprint density at radius 2 is 1.71 bits per heavy atom. The standard InChI is InChI=1S/C28H21F3N2O/c1-2-3-14-34-23-17-32-27(33-18-23)13-7-20-5-9-21(26(30)16-20)8-4-19-6-11-24-22(15-19)10-12-25(29)28(24)31/h2-3,5-6,9-12,15-18H,7,13-14H2,1H3/b3-2+. The van der Waals surface area contributed by atoms with Gasteiger partial charge in [0.25, 0.3) is 0 Å². The SMILES string of the molecule is C/C=C/COc1cnc(CCc2ccc(C#Cc3ccc4c(F)c(F)ccc4c3)c(F)c2)nc1. The Balaban J connectivity index is 1.40. The van der Waals surface area contributed by atoms with E-state index in [0.29, 0.717) is 42.0 Å². The van der Waals surface area contributed by atoms with Crippen molar-refractivity contribution in [2.24, 2.45) is 0 Å².